The third kappa shape index (κ3) is 4.03. The Morgan fingerprint density at radius 2 is 1.67 bits per heavy atom. The van der Waals surface area contributed by atoms with Crippen molar-refractivity contribution in [2.24, 2.45) is 0 Å². The minimum Gasteiger partial charge on any atom is -0.375 e. The number of benzene rings is 2. The van der Waals surface area contributed by atoms with Gasteiger partial charge in [-0.25, -0.2) is 0 Å². The first-order valence-electron chi connectivity index (χ1n) is 6.19. The summed E-state index contributed by atoms with van der Waals surface area (Å²) in [5.74, 6) is -0.0941. The summed E-state index contributed by atoms with van der Waals surface area (Å²) in [5, 5.41) is 4.14. The maximum atomic E-state index is 12.1. The molecule has 0 fully saturated rings. The Hall–Kier alpha value is -1.42. The maximum absolute atomic E-state index is 12.1. The fourth-order valence-electron chi connectivity index (χ4n) is 1.74. The summed E-state index contributed by atoms with van der Waals surface area (Å²) in [4.78, 5) is 13.7. The summed E-state index contributed by atoms with van der Waals surface area (Å²) in [7, 11) is 1.72. The molecule has 1 amide bonds. The zero-order valence-electron chi connectivity index (χ0n) is 11.2. The molecule has 0 saturated carbocycles. The molecule has 110 valence electrons. The van der Waals surface area contributed by atoms with E-state index < -0.39 is 0 Å². The standard InChI is InChI=1S/C15H13Cl3N2O/c1-20(10-5-3-2-4-6-10)15(21)9-19-14-8-12(17)11(16)7-13(14)18/h2-8,19H,9H2,1H3. The molecule has 0 aliphatic rings. The van der Waals surface area contributed by atoms with Gasteiger partial charge in [-0.15, -0.1) is 0 Å². The van der Waals surface area contributed by atoms with Crippen LogP contribution in [-0.4, -0.2) is 19.5 Å². The summed E-state index contributed by atoms with van der Waals surface area (Å²) in [6.45, 7) is 0.100. The number of likely N-dealkylation sites (N-methyl/N-ethyl adjacent to an activating group) is 1. The Morgan fingerprint density at radius 3 is 2.33 bits per heavy atom. The molecule has 0 spiro atoms. The number of halogens is 3. The molecule has 0 saturated heterocycles. The van der Waals surface area contributed by atoms with Gasteiger partial charge in [0.25, 0.3) is 0 Å². The molecule has 0 unspecified atom stereocenters. The molecule has 21 heavy (non-hydrogen) atoms. The maximum Gasteiger partial charge on any atom is 0.246 e. The minimum atomic E-state index is -0.0941. The number of hydrogen-bond donors (Lipinski definition) is 1. The van der Waals surface area contributed by atoms with E-state index in [0.29, 0.717) is 20.8 Å². The summed E-state index contributed by atoms with van der Waals surface area (Å²) in [6, 6.07) is 12.5. The summed E-state index contributed by atoms with van der Waals surface area (Å²) < 4.78 is 0. The molecule has 2 aromatic rings. The van der Waals surface area contributed by atoms with E-state index in [2.05, 4.69) is 5.32 Å². The number of nitrogens with one attached hydrogen (secondary N) is 1. The first kappa shape index (κ1) is 16.0. The number of hydrogen-bond acceptors (Lipinski definition) is 2. The zero-order chi connectivity index (χ0) is 15.4. The highest BCUT2D eigenvalue weighted by Gasteiger charge is 2.12. The van der Waals surface area contributed by atoms with Gasteiger partial charge in [0, 0.05) is 12.7 Å². The highest BCUT2D eigenvalue weighted by molar-refractivity contribution is 6.44. The van der Waals surface area contributed by atoms with Crippen LogP contribution in [0.4, 0.5) is 11.4 Å². The van der Waals surface area contributed by atoms with Crippen LogP contribution < -0.4 is 10.2 Å². The van der Waals surface area contributed by atoms with Crippen LogP contribution in [0.25, 0.3) is 0 Å². The van der Waals surface area contributed by atoms with Gasteiger partial charge in [-0.2, -0.15) is 0 Å². The van der Waals surface area contributed by atoms with Crippen molar-refractivity contribution in [2.75, 3.05) is 23.8 Å². The van der Waals surface area contributed by atoms with Crippen molar-refractivity contribution in [1.82, 2.24) is 0 Å². The monoisotopic (exact) mass is 342 g/mol. The third-order valence-electron chi connectivity index (χ3n) is 2.96. The normalized spacial score (nSPS) is 10.3. The highest BCUT2D eigenvalue weighted by Crippen LogP contribution is 2.32. The third-order valence-corrected chi connectivity index (χ3v) is 3.99. The molecule has 2 rings (SSSR count). The molecule has 0 radical (unpaired) electrons. The molecule has 0 aromatic heterocycles. The Bertz CT molecular complexity index is 647. The van der Waals surface area contributed by atoms with E-state index in [1.165, 1.54) is 0 Å². The van der Waals surface area contributed by atoms with Gasteiger partial charge in [-0.05, 0) is 24.3 Å². The van der Waals surface area contributed by atoms with Crippen LogP contribution in [0.3, 0.4) is 0 Å². The molecule has 0 aliphatic heterocycles. The first-order chi connectivity index (χ1) is 9.99. The lowest BCUT2D eigenvalue weighted by Crippen LogP contribution is -2.32. The molecular weight excluding hydrogens is 331 g/mol. The Labute approximate surface area is 138 Å². The summed E-state index contributed by atoms with van der Waals surface area (Å²) >= 11 is 17.8. The molecule has 1 N–H and O–H groups in total. The average Bonchev–Trinajstić information content (AvgIpc) is 2.49. The Kier molecular flexibility index (Phi) is 5.34. The molecule has 3 nitrogen and oxygen atoms in total. The van der Waals surface area contributed by atoms with E-state index in [4.69, 9.17) is 34.8 Å². The van der Waals surface area contributed by atoms with E-state index >= 15 is 0 Å². The molecule has 2 aromatic carbocycles. The van der Waals surface area contributed by atoms with Crippen molar-refractivity contribution < 1.29 is 4.79 Å². The van der Waals surface area contributed by atoms with Gasteiger partial charge in [0.05, 0.1) is 27.3 Å². The molecule has 0 aliphatic carbocycles. The van der Waals surface area contributed by atoms with Gasteiger partial charge in [0.1, 0.15) is 0 Å². The van der Waals surface area contributed by atoms with Gasteiger partial charge in [0.15, 0.2) is 0 Å². The second-order valence-corrected chi connectivity index (χ2v) is 5.61. The Balaban J connectivity index is 2.03. The van der Waals surface area contributed by atoms with Crippen LogP contribution in [0.5, 0.6) is 0 Å². The molecule has 0 bridgehead atoms. The number of nitrogens with zero attached hydrogens (tertiary/aromatic N) is 1. The van der Waals surface area contributed by atoms with E-state index in [-0.39, 0.29) is 12.5 Å². The first-order valence-corrected chi connectivity index (χ1v) is 7.32. The van der Waals surface area contributed by atoms with Crippen molar-refractivity contribution >= 4 is 52.1 Å². The van der Waals surface area contributed by atoms with Gasteiger partial charge in [-0.3, -0.25) is 4.79 Å². The van der Waals surface area contributed by atoms with Gasteiger partial charge >= 0.3 is 0 Å². The molecule has 6 heteroatoms. The number of para-hydroxylation sites is 1. The van der Waals surface area contributed by atoms with Crippen LogP contribution in [0.1, 0.15) is 0 Å². The fraction of sp³-hybridized carbons (Fsp3) is 0.133. The second kappa shape index (κ2) is 7.03. The molecule has 0 atom stereocenters. The lowest BCUT2D eigenvalue weighted by molar-refractivity contribution is -0.116. The lowest BCUT2D eigenvalue weighted by atomic mass is 10.3. The fourth-order valence-corrected chi connectivity index (χ4v) is 2.36. The van der Waals surface area contributed by atoms with E-state index in [0.717, 1.165) is 5.69 Å². The smallest absolute Gasteiger partial charge is 0.246 e. The predicted molar refractivity (Wildman–Crippen MR) is 89.8 cm³/mol. The molecular formula is C15H13Cl3N2O. The van der Waals surface area contributed by atoms with Crippen LogP contribution in [0.2, 0.25) is 15.1 Å². The van der Waals surface area contributed by atoms with Gasteiger partial charge in [-0.1, -0.05) is 53.0 Å². The quantitative estimate of drug-likeness (QED) is 0.815. The number of amides is 1. The number of carbonyl (C=O) groups is 1. The van der Waals surface area contributed by atoms with Gasteiger partial charge in [0.2, 0.25) is 5.91 Å². The van der Waals surface area contributed by atoms with Crippen LogP contribution in [-0.2, 0) is 4.79 Å². The van der Waals surface area contributed by atoms with Crippen LogP contribution in [0, 0.1) is 0 Å². The zero-order valence-corrected chi connectivity index (χ0v) is 13.5. The lowest BCUT2D eigenvalue weighted by Gasteiger charge is -2.18. The summed E-state index contributed by atoms with van der Waals surface area (Å²) in [5.41, 5.74) is 1.39. The average molecular weight is 344 g/mol. The van der Waals surface area contributed by atoms with E-state index in [1.807, 2.05) is 30.3 Å². The SMILES string of the molecule is CN(C(=O)CNc1cc(Cl)c(Cl)cc1Cl)c1ccccc1. The second-order valence-electron chi connectivity index (χ2n) is 4.39. The van der Waals surface area contributed by atoms with Crippen LogP contribution in [0.15, 0.2) is 42.5 Å². The Morgan fingerprint density at radius 1 is 1.05 bits per heavy atom. The number of rotatable bonds is 4. The van der Waals surface area contributed by atoms with Crippen molar-refractivity contribution in [2.45, 2.75) is 0 Å². The van der Waals surface area contributed by atoms with E-state index in [9.17, 15) is 4.79 Å². The summed E-state index contributed by atoms with van der Waals surface area (Å²) in [6.07, 6.45) is 0. The van der Waals surface area contributed by atoms with Crippen molar-refractivity contribution in [3.63, 3.8) is 0 Å². The van der Waals surface area contributed by atoms with Crippen molar-refractivity contribution in [3.8, 4) is 0 Å². The van der Waals surface area contributed by atoms with Crippen molar-refractivity contribution in [3.05, 3.63) is 57.5 Å². The minimum absolute atomic E-state index is 0.0941. The number of anilines is 2. The topological polar surface area (TPSA) is 32.3 Å². The number of carbonyl (C=O) groups excluding carboxylic acids is 1. The van der Waals surface area contributed by atoms with Gasteiger partial charge < -0.3 is 10.2 Å². The van der Waals surface area contributed by atoms with Crippen molar-refractivity contribution in [1.29, 1.82) is 0 Å². The molecule has 0 heterocycles. The van der Waals surface area contributed by atoms with E-state index in [1.54, 1.807) is 24.1 Å². The highest BCUT2D eigenvalue weighted by atomic mass is 35.5. The van der Waals surface area contributed by atoms with Crippen LogP contribution >= 0.6 is 34.8 Å². The largest absolute Gasteiger partial charge is 0.375 e. The predicted octanol–water partition coefficient (Wildman–Crippen LogP) is 4.72.